The molecule has 1 aromatic carbocycles. The van der Waals surface area contributed by atoms with Crippen molar-refractivity contribution in [2.24, 2.45) is 0 Å². The van der Waals surface area contributed by atoms with Crippen molar-refractivity contribution in [2.75, 3.05) is 18.0 Å². The Hall–Kier alpha value is -3.41. The number of rotatable bonds is 3. The zero-order chi connectivity index (χ0) is 20.1. The summed E-state index contributed by atoms with van der Waals surface area (Å²) in [5, 5.41) is 5.97. The molecule has 0 radical (unpaired) electrons. The van der Waals surface area contributed by atoms with Gasteiger partial charge in [-0.25, -0.2) is 4.98 Å². The van der Waals surface area contributed by atoms with Gasteiger partial charge in [-0.05, 0) is 57.0 Å². The zero-order valence-corrected chi connectivity index (χ0v) is 16.9. The predicted octanol–water partition coefficient (Wildman–Crippen LogP) is 3.71. The molecular formula is C23H23N5O. The highest BCUT2D eigenvalue weighted by atomic mass is 16.1. The van der Waals surface area contributed by atoms with Gasteiger partial charge in [0.05, 0.1) is 11.6 Å². The number of hydrogen-bond acceptors (Lipinski definition) is 4. The van der Waals surface area contributed by atoms with Crippen LogP contribution in [0.5, 0.6) is 0 Å². The van der Waals surface area contributed by atoms with Gasteiger partial charge in [-0.2, -0.15) is 9.78 Å². The molecular weight excluding hydrogens is 362 g/mol. The molecule has 1 aliphatic rings. The molecule has 0 N–H and O–H groups in total. The van der Waals surface area contributed by atoms with Crippen LogP contribution in [0.4, 0.5) is 5.69 Å². The SMILES string of the molecule is Cc1ccc(-n2ncc3c(C)n(-c4cccc(N5CCC5)c4)c(C)c3c2=O)nc1. The number of nitrogens with zero attached hydrogens (tertiary/aromatic N) is 5. The van der Waals surface area contributed by atoms with Gasteiger partial charge in [0.15, 0.2) is 5.82 Å². The Bertz CT molecular complexity index is 1280. The highest BCUT2D eigenvalue weighted by molar-refractivity contribution is 5.88. The van der Waals surface area contributed by atoms with Crippen LogP contribution in [0, 0.1) is 20.8 Å². The average Bonchev–Trinajstić information content (AvgIpc) is 2.93. The van der Waals surface area contributed by atoms with Gasteiger partial charge in [0.1, 0.15) is 0 Å². The van der Waals surface area contributed by atoms with Crippen molar-refractivity contribution >= 4 is 16.5 Å². The van der Waals surface area contributed by atoms with Gasteiger partial charge in [-0.3, -0.25) is 4.79 Å². The van der Waals surface area contributed by atoms with Crippen LogP contribution in [0.25, 0.3) is 22.3 Å². The summed E-state index contributed by atoms with van der Waals surface area (Å²) in [6, 6.07) is 12.3. The van der Waals surface area contributed by atoms with E-state index in [-0.39, 0.29) is 5.56 Å². The Morgan fingerprint density at radius 1 is 0.931 bits per heavy atom. The smallest absolute Gasteiger partial charge is 0.282 e. The number of anilines is 1. The molecule has 0 unspecified atom stereocenters. The molecule has 146 valence electrons. The quantitative estimate of drug-likeness (QED) is 0.540. The molecule has 29 heavy (non-hydrogen) atoms. The van der Waals surface area contributed by atoms with E-state index in [1.807, 2.05) is 32.9 Å². The van der Waals surface area contributed by atoms with E-state index >= 15 is 0 Å². The second-order valence-corrected chi connectivity index (χ2v) is 7.71. The van der Waals surface area contributed by atoms with Crippen LogP contribution in [0.3, 0.4) is 0 Å². The van der Waals surface area contributed by atoms with Crippen molar-refractivity contribution in [1.29, 1.82) is 0 Å². The van der Waals surface area contributed by atoms with Gasteiger partial charge >= 0.3 is 0 Å². The molecule has 4 heterocycles. The van der Waals surface area contributed by atoms with Gasteiger partial charge in [-0.1, -0.05) is 12.1 Å². The fourth-order valence-electron chi connectivity index (χ4n) is 4.10. The molecule has 5 rings (SSSR count). The van der Waals surface area contributed by atoms with Crippen molar-refractivity contribution in [3.8, 4) is 11.5 Å². The summed E-state index contributed by atoms with van der Waals surface area (Å²) < 4.78 is 3.54. The minimum absolute atomic E-state index is 0.142. The third-order valence-electron chi connectivity index (χ3n) is 5.82. The van der Waals surface area contributed by atoms with Gasteiger partial charge in [0, 0.05) is 47.4 Å². The van der Waals surface area contributed by atoms with Crippen LogP contribution in [0.1, 0.15) is 23.4 Å². The lowest BCUT2D eigenvalue weighted by molar-refractivity contribution is 0.617. The average molecular weight is 385 g/mol. The lowest BCUT2D eigenvalue weighted by Gasteiger charge is -2.33. The van der Waals surface area contributed by atoms with E-state index in [1.165, 1.54) is 16.8 Å². The predicted molar refractivity (Wildman–Crippen MR) is 116 cm³/mol. The third kappa shape index (κ3) is 2.75. The van der Waals surface area contributed by atoms with Crippen molar-refractivity contribution in [3.05, 3.63) is 76.1 Å². The molecule has 0 spiro atoms. The molecule has 1 aliphatic heterocycles. The van der Waals surface area contributed by atoms with Gasteiger partial charge in [-0.15, -0.1) is 0 Å². The molecule has 4 aromatic rings. The number of fused-ring (bicyclic) bond motifs is 1. The van der Waals surface area contributed by atoms with E-state index in [1.54, 1.807) is 12.4 Å². The summed E-state index contributed by atoms with van der Waals surface area (Å²) in [7, 11) is 0. The molecule has 1 saturated heterocycles. The van der Waals surface area contributed by atoms with Gasteiger partial charge < -0.3 is 9.47 Å². The second-order valence-electron chi connectivity index (χ2n) is 7.71. The maximum absolute atomic E-state index is 13.3. The van der Waals surface area contributed by atoms with E-state index in [4.69, 9.17) is 0 Å². The normalized spacial score (nSPS) is 13.7. The lowest BCUT2D eigenvalue weighted by Crippen LogP contribution is -2.36. The van der Waals surface area contributed by atoms with Crippen molar-refractivity contribution < 1.29 is 0 Å². The first kappa shape index (κ1) is 17.7. The first-order valence-corrected chi connectivity index (χ1v) is 9.93. The largest absolute Gasteiger partial charge is 0.371 e. The maximum Gasteiger partial charge on any atom is 0.282 e. The van der Waals surface area contributed by atoms with Crippen LogP contribution in [0.15, 0.2) is 53.6 Å². The van der Waals surface area contributed by atoms with E-state index in [9.17, 15) is 4.79 Å². The Morgan fingerprint density at radius 3 is 2.41 bits per heavy atom. The topological polar surface area (TPSA) is 56.0 Å². The van der Waals surface area contributed by atoms with Crippen LogP contribution >= 0.6 is 0 Å². The summed E-state index contributed by atoms with van der Waals surface area (Å²) in [6.07, 6.45) is 4.77. The van der Waals surface area contributed by atoms with E-state index < -0.39 is 0 Å². The standard InChI is InChI=1S/C23H23N5O/c1-15-8-9-21(24-13-15)28-23(29)22-17(3)27(16(2)20(22)14-25-28)19-7-4-6-18(12-19)26-10-5-11-26/h4,6-9,12-14H,5,10-11H2,1-3H3. The molecule has 1 fully saturated rings. The summed E-state index contributed by atoms with van der Waals surface area (Å²) in [4.78, 5) is 20.0. The monoisotopic (exact) mass is 385 g/mol. The molecule has 6 nitrogen and oxygen atoms in total. The van der Waals surface area contributed by atoms with E-state index in [2.05, 4.69) is 43.8 Å². The Morgan fingerprint density at radius 2 is 1.72 bits per heavy atom. The van der Waals surface area contributed by atoms with Crippen LogP contribution < -0.4 is 10.5 Å². The highest BCUT2D eigenvalue weighted by Crippen LogP contribution is 2.29. The Labute approximate surface area is 169 Å². The van der Waals surface area contributed by atoms with Crippen LogP contribution in [-0.4, -0.2) is 32.4 Å². The number of hydrogen-bond donors (Lipinski definition) is 0. The highest BCUT2D eigenvalue weighted by Gasteiger charge is 2.20. The first-order valence-electron chi connectivity index (χ1n) is 9.93. The lowest BCUT2D eigenvalue weighted by atomic mass is 10.1. The van der Waals surface area contributed by atoms with Gasteiger partial charge in [0.25, 0.3) is 5.56 Å². The molecule has 6 heteroatoms. The summed E-state index contributed by atoms with van der Waals surface area (Å²) in [5.74, 6) is 0.534. The number of pyridine rings is 1. The first-order chi connectivity index (χ1) is 14.0. The van der Waals surface area contributed by atoms with E-state index in [0.29, 0.717) is 11.2 Å². The molecule has 0 amide bonds. The molecule has 0 atom stereocenters. The van der Waals surface area contributed by atoms with Gasteiger partial charge in [0.2, 0.25) is 0 Å². The van der Waals surface area contributed by atoms with Crippen molar-refractivity contribution in [3.63, 3.8) is 0 Å². The third-order valence-corrected chi connectivity index (χ3v) is 5.82. The Balaban J connectivity index is 1.69. The minimum Gasteiger partial charge on any atom is -0.371 e. The fourth-order valence-corrected chi connectivity index (χ4v) is 4.10. The van der Waals surface area contributed by atoms with Crippen molar-refractivity contribution in [2.45, 2.75) is 27.2 Å². The zero-order valence-electron chi connectivity index (χ0n) is 16.9. The summed E-state index contributed by atoms with van der Waals surface area (Å²) in [5.41, 5.74) is 5.14. The van der Waals surface area contributed by atoms with Crippen molar-refractivity contribution in [1.82, 2.24) is 19.3 Å². The molecule has 3 aromatic heterocycles. The Kier molecular flexibility index (Phi) is 4.01. The summed E-state index contributed by atoms with van der Waals surface area (Å²) in [6.45, 7) is 8.22. The summed E-state index contributed by atoms with van der Waals surface area (Å²) >= 11 is 0. The molecule has 0 saturated carbocycles. The molecule has 0 bridgehead atoms. The maximum atomic E-state index is 13.3. The van der Waals surface area contributed by atoms with Crippen LogP contribution in [-0.2, 0) is 0 Å². The van der Waals surface area contributed by atoms with E-state index in [0.717, 1.165) is 41.1 Å². The number of benzene rings is 1. The fraction of sp³-hybridized carbons (Fsp3) is 0.261. The van der Waals surface area contributed by atoms with Crippen LogP contribution in [0.2, 0.25) is 0 Å². The second kappa shape index (κ2) is 6.58. The number of aromatic nitrogens is 4. The minimum atomic E-state index is -0.142. The number of aryl methyl sites for hydroxylation is 3. The molecule has 0 aliphatic carbocycles.